The summed E-state index contributed by atoms with van der Waals surface area (Å²) in [6.07, 6.45) is 1.89. The first-order chi connectivity index (χ1) is 7.60. The van der Waals surface area contributed by atoms with E-state index in [4.69, 9.17) is 14.5 Å². The molecule has 0 spiro atoms. The number of unbranched alkanes of at least 4 members (excludes halogenated alkanes) is 1. The van der Waals surface area contributed by atoms with Crippen LogP contribution in [0.1, 0.15) is 45.3 Å². The Balaban J connectivity index is 2.60. The van der Waals surface area contributed by atoms with Crippen molar-refractivity contribution < 1.29 is 9.26 Å². The molecular weight excluding hydrogens is 206 g/mol. The molecule has 88 valence electrons. The van der Waals surface area contributed by atoms with Crippen LogP contribution in [0.4, 0.5) is 0 Å². The Bertz CT molecular complexity index is 366. The van der Waals surface area contributed by atoms with Crippen molar-refractivity contribution in [3.63, 3.8) is 0 Å². The van der Waals surface area contributed by atoms with Crippen molar-refractivity contribution in [3.05, 3.63) is 11.7 Å². The van der Waals surface area contributed by atoms with Crippen LogP contribution in [0.2, 0.25) is 0 Å². The molecule has 0 N–H and O–H groups in total. The number of ether oxygens (including phenoxy) is 1. The molecule has 16 heavy (non-hydrogen) atoms. The van der Waals surface area contributed by atoms with Gasteiger partial charge in [0.1, 0.15) is 5.60 Å². The molecular formula is C11H17N3O2. The minimum atomic E-state index is -0.522. The summed E-state index contributed by atoms with van der Waals surface area (Å²) in [7, 11) is 0. The molecule has 0 aliphatic rings. The van der Waals surface area contributed by atoms with Crippen LogP contribution in [0, 0.1) is 11.3 Å². The van der Waals surface area contributed by atoms with Crippen LogP contribution in [0.25, 0.3) is 0 Å². The molecule has 0 unspecified atom stereocenters. The SMILES string of the molecule is CCOC(C)(C)c1noc(CCCC#N)n1. The first-order valence-corrected chi connectivity index (χ1v) is 5.44. The van der Waals surface area contributed by atoms with Gasteiger partial charge in [0.15, 0.2) is 0 Å². The molecule has 0 radical (unpaired) electrons. The highest BCUT2D eigenvalue weighted by molar-refractivity contribution is 4.97. The van der Waals surface area contributed by atoms with Crippen molar-refractivity contribution in [1.29, 1.82) is 5.26 Å². The van der Waals surface area contributed by atoms with Crippen molar-refractivity contribution in [2.24, 2.45) is 0 Å². The van der Waals surface area contributed by atoms with E-state index in [2.05, 4.69) is 16.2 Å². The number of hydrogen-bond acceptors (Lipinski definition) is 5. The van der Waals surface area contributed by atoms with Crippen LogP contribution in [0.15, 0.2) is 4.52 Å². The van der Waals surface area contributed by atoms with E-state index in [1.165, 1.54) is 0 Å². The smallest absolute Gasteiger partial charge is 0.226 e. The van der Waals surface area contributed by atoms with Gasteiger partial charge in [0.25, 0.3) is 0 Å². The second kappa shape index (κ2) is 5.61. The number of hydrogen-bond donors (Lipinski definition) is 0. The molecule has 1 rings (SSSR count). The van der Waals surface area contributed by atoms with E-state index in [1.807, 2.05) is 20.8 Å². The highest BCUT2D eigenvalue weighted by atomic mass is 16.5. The van der Waals surface area contributed by atoms with Gasteiger partial charge in [-0.3, -0.25) is 0 Å². The lowest BCUT2D eigenvalue weighted by Gasteiger charge is -2.19. The van der Waals surface area contributed by atoms with E-state index in [1.54, 1.807) is 0 Å². The van der Waals surface area contributed by atoms with Crippen molar-refractivity contribution in [3.8, 4) is 6.07 Å². The van der Waals surface area contributed by atoms with Crippen LogP contribution in [0.3, 0.4) is 0 Å². The first kappa shape index (κ1) is 12.7. The normalized spacial score (nSPS) is 11.4. The monoisotopic (exact) mass is 223 g/mol. The van der Waals surface area contributed by atoms with Gasteiger partial charge in [-0.2, -0.15) is 10.2 Å². The summed E-state index contributed by atoms with van der Waals surface area (Å²) < 4.78 is 10.6. The lowest BCUT2D eigenvalue weighted by Crippen LogP contribution is -2.23. The Morgan fingerprint density at radius 1 is 1.50 bits per heavy atom. The summed E-state index contributed by atoms with van der Waals surface area (Å²) in [6, 6.07) is 2.08. The molecule has 1 heterocycles. The summed E-state index contributed by atoms with van der Waals surface area (Å²) in [5.41, 5.74) is -0.522. The molecule has 5 heteroatoms. The zero-order valence-corrected chi connectivity index (χ0v) is 9.99. The summed E-state index contributed by atoms with van der Waals surface area (Å²) in [4.78, 5) is 4.26. The topological polar surface area (TPSA) is 71.9 Å². The molecule has 0 saturated heterocycles. The van der Waals surface area contributed by atoms with Gasteiger partial charge in [0.05, 0.1) is 6.07 Å². The molecule has 0 fully saturated rings. The first-order valence-electron chi connectivity index (χ1n) is 5.44. The predicted octanol–water partition coefficient (Wildman–Crippen LogP) is 2.19. The lowest BCUT2D eigenvalue weighted by atomic mass is 10.1. The summed E-state index contributed by atoms with van der Waals surface area (Å²) >= 11 is 0. The van der Waals surface area contributed by atoms with E-state index in [0.717, 1.165) is 6.42 Å². The predicted molar refractivity (Wildman–Crippen MR) is 57.5 cm³/mol. The van der Waals surface area contributed by atoms with E-state index < -0.39 is 5.60 Å². The molecule has 5 nitrogen and oxygen atoms in total. The third-order valence-corrected chi connectivity index (χ3v) is 2.19. The fraction of sp³-hybridized carbons (Fsp3) is 0.727. The van der Waals surface area contributed by atoms with Gasteiger partial charge in [-0.05, 0) is 27.2 Å². The van der Waals surface area contributed by atoms with Crippen LogP contribution in [0.5, 0.6) is 0 Å². The van der Waals surface area contributed by atoms with E-state index in [-0.39, 0.29) is 0 Å². The Hall–Kier alpha value is -1.41. The number of rotatable bonds is 6. The summed E-state index contributed by atoms with van der Waals surface area (Å²) in [5, 5.41) is 12.3. The Morgan fingerprint density at radius 3 is 2.88 bits per heavy atom. The van der Waals surface area contributed by atoms with E-state index >= 15 is 0 Å². The number of aromatic nitrogens is 2. The standard InChI is InChI=1S/C11H17N3O2/c1-4-15-11(2,3)10-13-9(16-14-10)7-5-6-8-12/h4-7H2,1-3H3. The molecule has 0 bridgehead atoms. The average molecular weight is 223 g/mol. The molecule has 0 aromatic carbocycles. The quantitative estimate of drug-likeness (QED) is 0.691. The molecule has 0 saturated carbocycles. The summed E-state index contributed by atoms with van der Waals surface area (Å²) in [5.74, 6) is 1.12. The molecule has 0 aliphatic carbocycles. The Kier molecular flexibility index (Phi) is 4.44. The second-order valence-electron chi connectivity index (χ2n) is 3.97. The maximum absolute atomic E-state index is 8.41. The minimum absolute atomic E-state index is 0.507. The van der Waals surface area contributed by atoms with Crippen molar-refractivity contribution in [1.82, 2.24) is 10.1 Å². The highest BCUT2D eigenvalue weighted by Crippen LogP contribution is 2.21. The van der Waals surface area contributed by atoms with Gasteiger partial charge < -0.3 is 9.26 Å². The molecule has 1 aromatic heterocycles. The van der Waals surface area contributed by atoms with Gasteiger partial charge in [-0.15, -0.1) is 0 Å². The van der Waals surface area contributed by atoms with Gasteiger partial charge in [0.2, 0.25) is 11.7 Å². The maximum Gasteiger partial charge on any atom is 0.226 e. The molecule has 0 aliphatic heterocycles. The third-order valence-electron chi connectivity index (χ3n) is 2.19. The maximum atomic E-state index is 8.41. The molecule has 0 atom stereocenters. The van der Waals surface area contributed by atoms with E-state index in [9.17, 15) is 0 Å². The van der Waals surface area contributed by atoms with Gasteiger partial charge in [-0.1, -0.05) is 5.16 Å². The number of nitriles is 1. The zero-order valence-electron chi connectivity index (χ0n) is 9.99. The molecule has 1 aromatic rings. The molecule has 0 amide bonds. The van der Waals surface area contributed by atoms with Crippen molar-refractivity contribution >= 4 is 0 Å². The number of nitrogens with zero attached hydrogens (tertiary/aromatic N) is 3. The van der Waals surface area contributed by atoms with Crippen molar-refractivity contribution in [2.45, 2.75) is 45.6 Å². The number of aryl methyl sites for hydroxylation is 1. The fourth-order valence-electron chi connectivity index (χ4n) is 1.35. The van der Waals surface area contributed by atoms with Crippen LogP contribution in [-0.4, -0.2) is 16.7 Å². The lowest BCUT2D eigenvalue weighted by molar-refractivity contribution is -0.0221. The third kappa shape index (κ3) is 3.31. The second-order valence-corrected chi connectivity index (χ2v) is 3.97. The fourth-order valence-corrected chi connectivity index (χ4v) is 1.35. The summed E-state index contributed by atoms with van der Waals surface area (Å²) in [6.45, 7) is 6.34. The van der Waals surface area contributed by atoms with E-state index in [0.29, 0.717) is 31.2 Å². The minimum Gasteiger partial charge on any atom is -0.368 e. The highest BCUT2D eigenvalue weighted by Gasteiger charge is 2.26. The average Bonchev–Trinajstić information content (AvgIpc) is 2.67. The Labute approximate surface area is 95.4 Å². The van der Waals surface area contributed by atoms with Crippen LogP contribution < -0.4 is 0 Å². The van der Waals surface area contributed by atoms with Crippen LogP contribution >= 0.6 is 0 Å². The van der Waals surface area contributed by atoms with Crippen molar-refractivity contribution in [2.75, 3.05) is 6.61 Å². The van der Waals surface area contributed by atoms with Gasteiger partial charge >= 0.3 is 0 Å². The van der Waals surface area contributed by atoms with Gasteiger partial charge in [-0.25, -0.2) is 0 Å². The largest absolute Gasteiger partial charge is 0.368 e. The van der Waals surface area contributed by atoms with Gasteiger partial charge in [0, 0.05) is 19.4 Å². The zero-order chi connectivity index (χ0) is 12.0. The Morgan fingerprint density at radius 2 is 2.25 bits per heavy atom. The van der Waals surface area contributed by atoms with Crippen LogP contribution in [-0.2, 0) is 16.8 Å².